The average Bonchev–Trinajstić information content (AvgIpc) is 2.51. The predicted molar refractivity (Wildman–Crippen MR) is 62.3 cm³/mol. The van der Waals surface area contributed by atoms with Gasteiger partial charge in [-0.3, -0.25) is 0 Å². The Morgan fingerprint density at radius 1 is 1.36 bits per heavy atom. The Kier molecular flexibility index (Phi) is 4.39. The summed E-state index contributed by atoms with van der Waals surface area (Å²) in [5, 5.41) is 0. The van der Waals surface area contributed by atoms with Crippen LogP contribution < -0.4 is 5.73 Å². The van der Waals surface area contributed by atoms with Crippen LogP contribution in [-0.4, -0.2) is 31.1 Å². The summed E-state index contributed by atoms with van der Waals surface area (Å²) in [5.41, 5.74) is 6.24. The van der Waals surface area contributed by atoms with Gasteiger partial charge in [-0.25, -0.2) is 0 Å². The molecule has 0 bridgehead atoms. The molecule has 2 N–H and O–H groups in total. The van der Waals surface area contributed by atoms with Gasteiger partial charge >= 0.3 is 0 Å². The average molecular weight is 198 g/mol. The van der Waals surface area contributed by atoms with Crippen molar-refractivity contribution in [1.29, 1.82) is 0 Å². The zero-order valence-corrected chi connectivity index (χ0v) is 10.1. The molecule has 1 saturated heterocycles. The molecular formula is C12H26N2. The quantitative estimate of drug-likeness (QED) is 0.736. The van der Waals surface area contributed by atoms with Gasteiger partial charge in [0.1, 0.15) is 0 Å². The lowest BCUT2D eigenvalue weighted by Gasteiger charge is -2.48. The fraction of sp³-hybridized carbons (Fsp3) is 1.00. The van der Waals surface area contributed by atoms with Gasteiger partial charge in [0.05, 0.1) is 0 Å². The van der Waals surface area contributed by atoms with Gasteiger partial charge in [-0.15, -0.1) is 0 Å². The second-order valence-corrected chi connectivity index (χ2v) is 4.85. The molecule has 1 heterocycles. The fourth-order valence-electron chi connectivity index (χ4n) is 3.03. The molecule has 1 aliphatic heterocycles. The minimum absolute atomic E-state index is 0.731. The summed E-state index contributed by atoms with van der Waals surface area (Å²) in [6, 6.07) is 0. The fourth-order valence-corrected chi connectivity index (χ4v) is 3.03. The number of hydrogen-bond donors (Lipinski definition) is 1. The molecule has 2 nitrogen and oxygen atoms in total. The van der Waals surface area contributed by atoms with Crippen molar-refractivity contribution in [2.24, 2.45) is 17.1 Å². The summed E-state index contributed by atoms with van der Waals surface area (Å²) in [5.74, 6) is 0.977. The summed E-state index contributed by atoms with van der Waals surface area (Å²) in [4.78, 5) is 2.50. The molecule has 1 atom stereocenters. The van der Waals surface area contributed by atoms with E-state index in [4.69, 9.17) is 5.73 Å². The molecule has 2 heteroatoms. The molecule has 2 fully saturated rings. The highest BCUT2D eigenvalue weighted by Crippen LogP contribution is 2.47. The van der Waals surface area contributed by atoms with Crippen LogP contribution in [-0.2, 0) is 0 Å². The Labute approximate surface area is 88.8 Å². The third-order valence-electron chi connectivity index (χ3n) is 3.51. The van der Waals surface area contributed by atoms with Gasteiger partial charge in [-0.05, 0) is 24.2 Å². The van der Waals surface area contributed by atoms with Crippen LogP contribution in [0.2, 0.25) is 0 Å². The molecule has 0 radical (unpaired) electrons. The number of nitrogens with two attached hydrogens (primary N) is 1. The van der Waals surface area contributed by atoms with E-state index < -0.39 is 0 Å². The first-order chi connectivity index (χ1) is 6.74. The maximum atomic E-state index is 5.51. The normalized spacial score (nSPS) is 29.6. The summed E-state index contributed by atoms with van der Waals surface area (Å²) < 4.78 is 0. The first-order valence-corrected chi connectivity index (χ1v) is 6.16. The molecule has 14 heavy (non-hydrogen) atoms. The summed E-state index contributed by atoms with van der Waals surface area (Å²) in [7, 11) is 0. The van der Waals surface area contributed by atoms with Gasteiger partial charge in [0.2, 0.25) is 0 Å². The zero-order valence-electron chi connectivity index (χ0n) is 10.1. The van der Waals surface area contributed by atoms with E-state index in [1.165, 1.54) is 32.4 Å². The highest BCUT2D eigenvalue weighted by atomic mass is 15.2. The van der Waals surface area contributed by atoms with E-state index >= 15 is 0 Å². The Hall–Kier alpha value is -0.0800. The first kappa shape index (κ1) is 12.0. The smallest absolute Gasteiger partial charge is 0.0105 e. The number of hydrogen-bond acceptors (Lipinski definition) is 2. The van der Waals surface area contributed by atoms with Gasteiger partial charge in [0, 0.05) is 26.2 Å². The molecule has 2 aliphatic rings. The van der Waals surface area contributed by atoms with Crippen LogP contribution in [0.3, 0.4) is 0 Å². The number of nitrogens with zero attached hydrogens (tertiary/aromatic N) is 1. The highest BCUT2D eigenvalue weighted by molar-refractivity contribution is 4.99. The standard InChI is InChI=1S/C10H20N2.C2H6/c1-9-2-3-10(6-9)7-12(8-10)5-4-11;1-2/h9H,2-8,11H2,1H3;1-2H3. The van der Waals surface area contributed by atoms with E-state index in [1.54, 1.807) is 0 Å². The second kappa shape index (κ2) is 5.13. The Bertz CT molecular complexity index is 162. The van der Waals surface area contributed by atoms with Crippen LogP contribution in [0.25, 0.3) is 0 Å². The maximum absolute atomic E-state index is 5.51. The van der Waals surface area contributed by atoms with Crippen LogP contribution in [0, 0.1) is 11.3 Å². The van der Waals surface area contributed by atoms with E-state index in [-0.39, 0.29) is 0 Å². The van der Waals surface area contributed by atoms with Gasteiger partial charge in [0.15, 0.2) is 0 Å². The number of likely N-dealkylation sites (tertiary alicyclic amines) is 1. The predicted octanol–water partition coefficient (Wildman–Crippen LogP) is 2.09. The minimum atomic E-state index is 0.731. The van der Waals surface area contributed by atoms with Crippen molar-refractivity contribution in [1.82, 2.24) is 4.90 Å². The Morgan fingerprint density at radius 2 is 2.00 bits per heavy atom. The lowest BCUT2D eigenvalue weighted by molar-refractivity contribution is 0.00624. The van der Waals surface area contributed by atoms with E-state index in [1.807, 2.05) is 13.8 Å². The lowest BCUT2D eigenvalue weighted by Crippen LogP contribution is -2.56. The molecule has 1 spiro atoms. The van der Waals surface area contributed by atoms with Gasteiger partial charge in [0.25, 0.3) is 0 Å². The molecule has 1 saturated carbocycles. The molecule has 1 aliphatic carbocycles. The zero-order chi connectivity index (χ0) is 10.6. The van der Waals surface area contributed by atoms with Crippen molar-refractivity contribution in [3.63, 3.8) is 0 Å². The topological polar surface area (TPSA) is 29.3 Å². The molecule has 0 aromatic rings. The van der Waals surface area contributed by atoms with E-state index in [9.17, 15) is 0 Å². The molecule has 0 amide bonds. The van der Waals surface area contributed by atoms with Gasteiger partial charge in [-0.2, -0.15) is 0 Å². The van der Waals surface area contributed by atoms with E-state index in [0.29, 0.717) is 0 Å². The van der Waals surface area contributed by atoms with E-state index in [2.05, 4.69) is 11.8 Å². The summed E-state index contributed by atoms with van der Waals surface area (Å²) in [6.45, 7) is 11.0. The number of rotatable bonds is 2. The van der Waals surface area contributed by atoms with Crippen LogP contribution in [0.4, 0.5) is 0 Å². The maximum Gasteiger partial charge on any atom is 0.0105 e. The molecule has 84 valence electrons. The van der Waals surface area contributed by atoms with Crippen LogP contribution in [0.15, 0.2) is 0 Å². The third-order valence-corrected chi connectivity index (χ3v) is 3.51. The van der Waals surface area contributed by atoms with Crippen molar-refractivity contribution in [2.45, 2.75) is 40.0 Å². The SMILES string of the molecule is CC.CC1CCC2(C1)CN(CCN)C2. The Balaban J connectivity index is 0.000000461. The van der Waals surface area contributed by atoms with Crippen LogP contribution in [0.5, 0.6) is 0 Å². The van der Waals surface area contributed by atoms with Crippen molar-refractivity contribution >= 4 is 0 Å². The van der Waals surface area contributed by atoms with Crippen LogP contribution >= 0.6 is 0 Å². The largest absolute Gasteiger partial charge is 0.329 e. The first-order valence-electron chi connectivity index (χ1n) is 6.16. The molecular weight excluding hydrogens is 172 g/mol. The monoisotopic (exact) mass is 198 g/mol. The van der Waals surface area contributed by atoms with Gasteiger partial charge < -0.3 is 10.6 Å². The summed E-state index contributed by atoms with van der Waals surface area (Å²) in [6.07, 6.45) is 4.39. The Morgan fingerprint density at radius 3 is 2.43 bits per heavy atom. The lowest BCUT2D eigenvalue weighted by atomic mass is 9.77. The van der Waals surface area contributed by atoms with Crippen LogP contribution in [0.1, 0.15) is 40.0 Å². The van der Waals surface area contributed by atoms with Crippen molar-refractivity contribution in [3.8, 4) is 0 Å². The molecule has 1 unspecified atom stereocenters. The van der Waals surface area contributed by atoms with Crippen molar-refractivity contribution in [3.05, 3.63) is 0 Å². The third kappa shape index (κ3) is 2.48. The minimum Gasteiger partial charge on any atom is -0.329 e. The second-order valence-electron chi connectivity index (χ2n) is 4.85. The van der Waals surface area contributed by atoms with Crippen molar-refractivity contribution in [2.75, 3.05) is 26.2 Å². The molecule has 0 aromatic heterocycles. The van der Waals surface area contributed by atoms with E-state index in [0.717, 1.165) is 24.4 Å². The molecule has 0 aromatic carbocycles. The molecule has 2 rings (SSSR count). The summed E-state index contributed by atoms with van der Waals surface area (Å²) >= 11 is 0. The van der Waals surface area contributed by atoms with Crippen molar-refractivity contribution < 1.29 is 0 Å². The van der Waals surface area contributed by atoms with Gasteiger partial charge in [-0.1, -0.05) is 27.2 Å². The highest BCUT2D eigenvalue weighted by Gasteiger charge is 2.46.